The maximum Gasteiger partial charge on any atom is 0.180 e. The highest BCUT2D eigenvalue weighted by atomic mass is 35.6. The van der Waals surface area contributed by atoms with Gasteiger partial charge in [0.1, 0.15) is 72.2 Å². The van der Waals surface area contributed by atoms with Gasteiger partial charge in [-0.3, -0.25) is 0 Å². The fourth-order valence-electron chi connectivity index (χ4n) is 10.4. The number of azo groups is 2. The molecule has 0 bridgehead atoms. The van der Waals surface area contributed by atoms with E-state index in [1.54, 1.807) is 0 Å². The maximum absolute atomic E-state index is 6.44. The second kappa shape index (κ2) is 23.9. The molecule has 0 unspecified atom stereocenters. The van der Waals surface area contributed by atoms with Crippen molar-refractivity contribution in [2.24, 2.45) is 20.5 Å². The summed E-state index contributed by atoms with van der Waals surface area (Å²) in [5.41, 5.74) is 11.8. The number of alkyl halides is 3. The molecule has 11 heteroatoms. The molecule has 8 nitrogen and oxygen atoms in total. The number of halogens is 3. The molecule has 2 aliphatic rings. The van der Waals surface area contributed by atoms with Crippen LogP contribution in [0.5, 0.6) is 23.0 Å². The number of fused-ring (bicyclic) bond motifs is 18. The predicted octanol–water partition coefficient (Wildman–Crippen LogP) is 21.1. The lowest BCUT2D eigenvalue weighted by Crippen LogP contribution is -2.04. The Hall–Kier alpha value is -9.05. The van der Waals surface area contributed by atoms with E-state index in [9.17, 15) is 0 Å². The maximum atomic E-state index is 6.44. The van der Waals surface area contributed by atoms with Gasteiger partial charge >= 0.3 is 0 Å². The number of rotatable bonds is 0. The van der Waals surface area contributed by atoms with Gasteiger partial charge in [-0.25, -0.2) is 0 Å². The van der Waals surface area contributed by atoms with Crippen LogP contribution < -0.4 is 18.9 Å². The van der Waals surface area contributed by atoms with Crippen LogP contribution in [0.2, 0.25) is 0 Å². The zero-order valence-electron chi connectivity index (χ0n) is 43.1. The standard InChI is InChI=1S/2C34H24N2O2.CHCl3/c2*1-3-11-27-23(9-1)17-19-25-21-37-31-15-7-5-13-29(31)35-36-30-14-6-8-16-32(30)38-22-26-20-18-24-10-2-4-12-28(24)34(26)33(25)27;2-1(3)4/h2*1-20H,21-22H2;1H. The van der Waals surface area contributed by atoms with E-state index in [2.05, 4.69) is 166 Å². The Morgan fingerprint density at radius 1 is 0.250 bits per heavy atom. The van der Waals surface area contributed by atoms with Crippen LogP contribution in [0.1, 0.15) is 22.3 Å². The molecular formula is C69H49Cl3N4O4. The Labute approximate surface area is 478 Å². The largest absolute Gasteiger partial charge is 0.487 e. The summed E-state index contributed by atoms with van der Waals surface area (Å²) in [6.45, 7) is 1.58. The van der Waals surface area contributed by atoms with Gasteiger partial charge in [-0.1, -0.05) is 229 Å². The molecule has 12 aromatic rings. The summed E-state index contributed by atoms with van der Waals surface area (Å²) in [5, 5.41) is 27.6. The minimum absolute atomic E-state index is 0.396. The van der Waals surface area contributed by atoms with E-state index in [1.807, 2.05) is 97.1 Å². The van der Waals surface area contributed by atoms with Gasteiger partial charge in [0.15, 0.2) is 4.30 Å². The summed E-state index contributed by atoms with van der Waals surface area (Å²) >= 11 is 14.4. The molecular weight excluding hydrogens is 1060 g/mol. The first kappa shape index (κ1) is 51.7. The molecule has 2 heterocycles. The van der Waals surface area contributed by atoms with E-state index in [0.717, 1.165) is 22.3 Å². The normalized spacial score (nSPS) is 12.7. The number of hydrogen-bond acceptors (Lipinski definition) is 8. The van der Waals surface area contributed by atoms with Crippen LogP contribution in [0, 0.1) is 0 Å². The SMILES string of the molecule is ClC(Cl)Cl.c1ccc2c(c1)N=Nc1ccccc1OCc1ccc3ccccc3c1-c1c(ccc3ccccc13)CO2.c1ccc2c(c1)N=Nc1ccccc1OCc1ccc3ccccc3c1-c1c(ccc3ccccc13)CO2. The molecule has 0 N–H and O–H groups in total. The first-order chi connectivity index (χ1) is 39.4. The molecule has 0 fully saturated rings. The average molecular weight is 1100 g/mol. The van der Waals surface area contributed by atoms with E-state index in [1.165, 1.54) is 65.3 Å². The van der Waals surface area contributed by atoms with Crippen molar-refractivity contribution in [1.82, 2.24) is 0 Å². The monoisotopic (exact) mass is 1100 g/mol. The number of hydrogen-bond donors (Lipinski definition) is 0. The summed E-state index contributed by atoms with van der Waals surface area (Å²) in [6.07, 6.45) is 0. The molecule has 0 amide bonds. The van der Waals surface area contributed by atoms with Crippen molar-refractivity contribution in [3.8, 4) is 45.3 Å². The van der Waals surface area contributed by atoms with Gasteiger partial charge in [0.2, 0.25) is 0 Å². The van der Waals surface area contributed by atoms with Gasteiger partial charge in [-0.05, 0) is 136 Å². The fourth-order valence-corrected chi connectivity index (χ4v) is 10.4. The van der Waals surface area contributed by atoms with Gasteiger partial charge < -0.3 is 18.9 Å². The molecule has 0 saturated heterocycles. The third-order valence-electron chi connectivity index (χ3n) is 14.1. The van der Waals surface area contributed by atoms with Crippen LogP contribution >= 0.6 is 34.8 Å². The Morgan fingerprint density at radius 3 is 0.688 bits per heavy atom. The molecule has 0 saturated carbocycles. The molecule has 14 rings (SSSR count). The Balaban J connectivity index is 0.000000149. The molecule has 0 radical (unpaired) electrons. The minimum Gasteiger partial charge on any atom is -0.487 e. The fraction of sp³-hybridized carbons (Fsp3) is 0.0725. The summed E-state index contributed by atoms with van der Waals surface area (Å²) in [4.78, 5) is 0. The smallest absolute Gasteiger partial charge is 0.180 e. The second-order valence-corrected chi connectivity index (χ2v) is 20.9. The van der Waals surface area contributed by atoms with E-state index >= 15 is 0 Å². The number of para-hydroxylation sites is 4. The Kier molecular flexibility index (Phi) is 15.4. The highest BCUT2D eigenvalue weighted by Gasteiger charge is 2.22. The van der Waals surface area contributed by atoms with Crippen LogP contribution in [0.4, 0.5) is 22.7 Å². The van der Waals surface area contributed by atoms with Crippen molar-refractivity contribution in [3.63, 3.8) is 0 Å². The third-order valence-corrected chi connectivity index (χ3v) is 14.1. The van der Waals surface area contributed by atoms with Gasteiger partial charge in [-0.2, -0.15) is 0 Å². The third kappa shape index (κ3) is 11.2. The van der Waals surface area contributed by atoms with E-state index in [0.29, 0.717) is 72.2 Å². The van der Waals surface area contributed by atoms with E-state index in [-0.39, 0.29) is 0 Å². The van der Waals surface area contributed by atoms with Gasteiger partial charge in [0, 0.05) is 0 Å². The quantitative estimate of drug-likeness (QED) is 0.142. The van der Waals surface area contributed by atoms with Crippen LogP contribution in [0.15, 0.2) is 263 Å². The summed E-state index contributed by atoms with van der Waals surface area (Å²) in [6, 6.07) is 82.5. The van der Waals surface area contributed by atoms with Crippen molar-refractivity contribution in [3.05, 3.63) is 265 Å². The van der Waals surface area contributed by atoms with Crippen molar-refractivity contribution in [2.45, 2.75) is 30.7 Å². The van der Waals surface area contributed by atoms with Crippen molar-refractivity contribution < 1.29 is 18.9 Å². The lowest BCUT2D eigenvalue weighted by atomic mass is 9.87. The predicted molar refractivity (Wildman–Crippen MR) is 327 cm³/mol. The van der Waals surface area contributed by atoms with E-state index in [4.69, 9.17) is 53.8 Å². The first-order valence-electron chi connectivity index (χ1n) is 26.1. The number of ether oxygens (including phenoxy) is 4. The zero-order valence-corrected chi connectivity index (χ0v) is 45.3. The highest BCUT2D eigenvalue weighted by molar-refractivity contribution is 6.63. The van der Waals surface area contributed by atoms with Gasteiger partial charge in [0.25, 0.3) is 0 Å². The second-order valence-electron chi connectivity index (χ2n) is 19.0. The molecule has 12 aromatic carbocycles. The van der Waals surface area contributed by atoms with Crippen molar-refractivity contribution in [1.29, 1.82) is 0 Å². The molecule has 390 valence electrons. The molecule has 2 aliphatic heterocycles. The lowest BCUT2D eigenvalue weighted by Gasteiger charge is -2.20. The number of nitrogens with zero attached hydrogens (tertiary/aromatic N) is 4. The zero-order chi connectivity index (χ0) is 54.2. The number of benzene rings is 12. The molecule has 80 heavy (non-hydrogen) atoms. The molecule has 0 spiro atoms. The van der Waals surface area contributed by atoms with E-state index < -0.39 is 4.30 Å². The lowest BCUT2D eigenvalue weighted by molar-refractivity contribution is 0.305. The summed E-state index contributed by atoms with van der Waals surface area (Å²) in [7, 11) is 0. The van der Waals surface area contributed by atoms with Crippen LogP contribution in [0.25, 0.3) is 65.3 Å². The molecule has 0 atom stereocenters. The van der Waals surface area contributed by atoms with Crippen LogP contribution in [-0.2, 0) is 26.4 Å². The first-order valence-corrected chi connectivity index (χ1v) is 27.4. The van der Waals surface area contributed by atoms with Crippen molar-refractivity contribution in [2.75, 3.05) is 0 Å². The summed E-state index contributed by atoms with van der Waals surface area (Å²) < 4.78 is 25.0. The van der Waals surface area contributed by atoms with Gasteiger partial charge in [0.05, 0.1) is 0 Å². The van der Waals surface area contributed by atoms with Crippen LogP contribution in [0.3, 0.4) is 0 Å². The molecule has 0 aromatic heterocycles. The Bertz CT molecular complexity index is 3750. The molecule has 0 aliphatic carbocycles. The minimum atomic E-state index is -0.750. The van der Waals surface area contributed by atoms with Crippen LogP contribution in [-0.4, -0.2) is 4.30 Å². The van der Waals surface area contributed by atoms with Gasteiger partial charge in [-0.15, -0.1) is 20.5 Å². The summed E-state index contributed by atoms with van der Waals surface area (Å²) in [5.74, 6) is 2.74. The van der Waals surface area contributed by atoms with Crippen molar-refractivity contribution >= 4 is 101 Å². The highest BCUT2D eigenvalue weighted by Crippen LogP contribution is 2.44. The topological polar surface area (TPSA) is 86.4 Å². The average Bonchev–Trinajstić information content (AvgIpc) is 3.67. The Morgan fingerprint density at radius 2 is 0.450 bits per heavy atom.